The van der Waals surface area contributed by atoms with Crippen LogP contribution in [0.3, 0.4) is 0 Å². The van der Waals surface area contributed by atoms with E-state index in [1.54, 1.807) is 14.1 Å². The first-order valence-corrected chi connectivity index (χ1v) is 5.59. The lowest BCUT2D eigenvalue weighted by Gasteiger charge is -2.10. The lowest BCUT2D eigenvalue weighted by Crippen LogP contribution is -2.25. The number of rotatable bonds is 2. The fraction of sp³-hybridized carbons (Fsp3) is 0.231. The Kier molecular flexibility index (Phi) is 3.32. The third kappa shape index (κ3) is 2.34. The Morgan fingerprint density at radius 3 is 2.56 bits per heavy atom. The number of aryl methyl sites for hydroxylation is 1. The van der Waals surface area contributed by atoms with Crippen LogP contribution in [0.4, 0.5) is 4.79 Å². The number of H-pyrrole nitrogens is 1. The number of aromatic nitrogens is 2. The molecule has 94 valence electrons. The molecule has 0 unspecified atom stereocenters. The topological polar surface area (TPSA) is 58.2 Å². The summed E-state index contributed by atoms with van der Waals surface area (Å²) in [5.74, 6) is 0.303. The molecule has 2 rings (SSSR count). The Balaban J connectivity index is 2.37. The van der Waals surface area contributed by atoms with Gasteiger partial charge in [-0.05, 0) is 12.5 Å². The summed E-state index contributed by atoms with van der Waals surface area (Å²) in [4.78, 5) is 12.9. The molecular weight excluding hydrogens is 230 g/mol. The third-order valence-corrected chi connectivity index (χ3v) is 2.53. The molecule has 5 nitrogen and oxygen atoms in total. The number of hydrogen-bond acceptors (Lipinski definition) is 3. The normalized spacial score (nSPS) is 10.2. The molecule has 0 saturated carbocycles. The SMILES string of the molecule is Cc1[nH]nc(OC(=O)N(C)C)c1-c1ccccc1. The molecule has 0 aliphatic rings. The Labute approximate surface area is 105 Å². The van der Waals surface area contributed by atoms with Crippen molar-refractivity contribution in [3.05, 3.63) is 36.0 Å². The van der Waals surface area contributed by atoms with Crippen LogP contribution < -0.4 is 4.74 Å². The molecule has 0 aliphatic heterocycles. The summed E-state index contributed by atoms with van der Waals surface area (Å²) in [5.41, 5.74) is 2.64. The number of carbonyl (C=O) groups excluding carboxylic acids is 1. The zero-order valence-corrected chi connectivity index (χ0v) is 10.6. The zero-order chi connectivity index (χ0) is 13.1. The lowest BCUT2D eigenvalue weighted by molar-refractivity contribution is 0.170. The molecule has 0 saturated heterocycles. The first-order chi connectivity index (χ1) is 8.59. The maximum absolute atomic E-state index is 11.6. The van der Waals surface area contributed by atoms with E-state index in [0.717, 1.165) is 16.8 Å². The van der Waals surface area contributed by atoms with Gasteiger partial charge in [0.05, 0.1) is 5.56 Å². The van der Waals surface area contributed by atoms with Crippen LogP contribution in [-0.4, -0.2) is 35.3 Å². The van der Waals surface area contributed by atoms with Crippen molar-refractivity contribution in [1.82, 2.24) is 15.1 Å². The van der Waals surface area contributed by atoms with Crippen molar-refractivity contribution in [2.75, 3.05) is 14.1 Å². The van der Waals surface area contributed by atoms with Gasteiger partial charge < -0.3 is 9.64 Å². The first-order valence-electron chi connectivity index (χ1n) is 5.59. The van der Waals surface area contributed by atoms with E-state index in [1.807, 2.05) is 37.3 Å². The zero-order valence-electron chi connectivity index (χ0n) is 10.6. The summed E-state index contributed by atoms with van der Waals surface area (Å²) >= 11 is 0. The maximum atomic E-state index is 11.6. The highest BCUT2D eigenvalue weighted by Gasteiger charge is 2.17. The number of nitrogens with one attached hydrogen (secondary N) is 1. The van der Waals surface area contributed by atoms with Crippen molar-refractivity contribution in [2.24, 2.45) is 0 Å². The number of benzene rings is 1. The van der Waals surface area contributed by atoms with E-state index in [4.69, 9.17) is 4.74 Å². The summed E-state index contributed by atoms with van der Waals surface area (Å²) in [6.45, 7) is 1.89. The van der Waals surface area contributed by atoms with E-state index in [-0.39, 0.29) is 0 Å². The summed E-state index contributed by atoms with van der Waals surface area (Å²) < 4.78 is 5.23. The number of nitrogens with zero attached hydrogens (tertiary/aromatic N) is 2. The van der Waals surface area contributed by atoms with E-state index in [1.165, 1.54) is 4.90 Å². The highest BCUT2D eigenvalue weighted by Crippen LogP contribution is 2.30. The molecule has 18 heavy (non-hydrogen) atoms. The number of ether oxygens (including phenoxy) is 1. The Morgan fingerprint density at radius 1 is 1.28 bits per heavy atom. The second-order valence-corrected chi connectivity index (χ2v) is 4.16. The molecule has 1 heterocycles. The largest absolute Gasteiger partial charge is 0.416 e. The van der Waals surface area contributed by atoms with E-state index in [2.05, 4.69) is 10.2 Å². The van der Waals surface area contributed by atoms with E-state index in [9.17, 15) is 4.79 Å². The van der Waals surface area contributed by atoms with Gasteiger partial charge in [0.1, 0.15) is 0 Å². The van der Waals surface area contributed by atoms with Crippen LogP contribution in [0.1, 0.15) is 5.69 Å². The molecule has 0 atom stereocenters. The molecule has 0 fully saturated rings. The van der Waals surface area contributed by atoms with Crippen molar-refractivity contribution in [2.45, 2.75) is 6.92 Å². The Bertz CT molecular complexity index is 547. The fourth-order valence-electron chi connectivity index (χ4n) is 1.60. The van der Waals surface area contributed by atoms with Crippen molar-refractivity contribution in [3.63, 3.8) is 0 Å². The van der Waals surface area contributed by atoms with E-state index in [0.29, 0.717) is 5.88 Å². The fourth-order valence-corrected chi connectivity index (χ4v) is 1.60. The molecule has 1 N–H and O–H groups in total. The van der Waals surface area contributed by atoms with Crippen LogP contribution >= 0.6 is 0 Å². The maximum Gasteiger partial charge on any atom is 0.416 e. The van der Waals surface area contributed by atoms with Crippen LogP contribution in [0.15, 0.2) is 30.3 Å². The lowest BCUT2D eigenvalue weighted by atomic mass is 10.1. The molecule has 0 radical (unpaired) electrons. The molecule has 1 aromatic carbocycles. The molecular formula is C13H15N3O2. The van der Waals surface area contributed by atoms with Crippen LogP contribution in [0.25, 0.3) is 11.1 Å². The Morgan fingerprint density at radius 2 is 1.94 bits per heavy atom. The number of aromatic amines is 1. The van der Waals surface area contributed by atoms with Gasteiger partial charge in [-0.15, -0.1) is 5.10 Å². The number of carbonyl (C=O) groups is 1. The minimum atomic E-state index is -0.446. The van der Waals surface area contributed by atoms with Gasteiger partial charge in [-0.2, -0.15) is 0 Å². The minimum absolute atomic E-state index is 0.303. The van der Waals surface area contributed by atoms with Crippen molar-refractivity contribution in [3.8, 4) is 17.0 Å². The monoisotopic (exact) mass is 245 g/mol. The third-order valence-electron chi connectivity index (χ3n) is 2.53. The first kappa shape index (κ1) is 12.2. The van der Waals surface area contributed by atoms with Crippen LogP contribution in [0.2, 0.25) is 0 Å². The Hall–Kier alpha value is -2.30. The van der Waals surface area contributed by atoms with Crippen molar-refractivity contribution in [1.29, 1.82) is 0 Å². The quantitative estimate of drug-likeness (QED) is 0.884. The van der Waals surface area contributed by atoms with Gasteiger partial charge in [-0.25, -0.2) is 4.79 Å². The predicted molar refractivity (Wildman–Crippen MR) is 68.5 cm³/mol. The molecule has 5 heteroatoms. The number of amides is 1. The predicted octanol–water partition coefficient (Wildman–Crippen LogP) is 2.45. The van der Waals surface area contributed by atoms with Gasteiger partial charge in [0.15, 0.2) is 0 Å². The van der Waals surface area contributed by atoms with Gasteiger partial charge in [0.2, 0.25) is 0 Å². The van der Waals surface area contributed by atoms with Crippen molar-refractivity contribution < 1.29 is 9.53 Å². The second-order valence-electron chi connectivity index (χ2n) is 4.16. The standard InChI is InChI=1S/C13H15N3O2/c1-9-11(10-7-5-4-6-8-10)12(15-14-9)18-13(17)16(2)3/h4-8H,1-3H3,(H,14,15). The number of hydrogen-bond donors (Lipinski definition) is 1. The smallest absolute Gasteiger partial charge is 0.389 e. The van der Waals surface area contributed by atoms with E-state index >= 15 is 0 Å². The van der Waals surface area contributed by atoms with Gasteiger partial charge in [-0.3, -0.25) is 5.10 Å². The highest BCUT2D eigenvalue weighted by molar-refractivity contribution is 5.76. The summed E-state index contributed by atoms with van der Waals surface area (Å²) in [6.07, 6.45) is -0.446. The van der Waals surface area contributed by atoms with Crippen molar-refractivity contribution >= 4 is 6.09 Å². The summed E-state index contributed by atoms with van der Waals surface area (Å²) in [7, 11) is 3.26. The van der Waals surface area contributed by atoms with Gasteiger partial charge in [-0.1, -0.05) is 30.3 Å². The summed E-state index contributed by atoms with van der Waals surface area (Å²) in [5, 5.41) is 6.85. The molecule has 2 aromatic rings. The molecule has 1 amide bonds. The highest BCUT2D eigenvalue weighted by atomic mass is 16.6. The minimum Gasteiger partial charge on any atom is -0.389 e. The van der Waals surface area contributed by atoms with E-state index < -0.39 is 6.09 Å². The average Bonchev–Trinajstić information content (AvgIpc) is 2.71. The molecule has 0 spiro atoms. The van der Waals surface area contributed by atoms with Gasteiger partial charge >= 0.3 is 6.09 Å². The average molecular weight is 245 g/mol. The van der Waals surface area contributed by atoms with Gasteiger partial charge in [0, 0.05) is 19.8 Å². The van der Waals surface area contributed by atoms with Crippen LogP contribution in [-0.2, 0) is 0 Å². The summed E-state index contributed by atoms with van der Waals surface area (Å²) in [6, 6.07) is 9.69. The second kappa shape index (κ2) is 4.91. The molecule has 1 aromatic heterocycles. The van der Waals surface area contributed by atoms with Crippen LogP contribution in [0.5, 0.6) is 5.88 Å². The molecule has 0 bridgehead atoms. The van der Waals surface area contributed by atoms with Crippen LogP contribution in [0, 0.1) is 6.92 Å². The molecule has 0 aliphatic carbocycles. The van der Waals surface area contributed by atoms with Gasteiger partial charge in [0.25, 0.3) is 5.88 Å².